The number of carbonyl (C=O) groups is 1. The molecule has 0 saturated carbocycles. The molecule has 0 aliphatic rings. The Kier molecular flexibility index (Phi) is 5.63. The van der Waals surface area contributed by atoms with Gasteiger partial charge in [-0.15, -0.1) is 0 Å². The van der Waals surface area contributed by atoms with Crippen LogP contribution in [-0.4, -0.2) is 27.3 Å². The van der Waals surface area contributed by atoms with Crippen molar-refractivity contribution in [1.82, 2.24) is 14.8 Å². The third-order valence-corrected chi connectivity index (χ3v) is 3.83. The predicted molar refractivity (Wildman–Crippen MR) is 101 cm³/mol. The molecule has 1 aromatic carbocycles. The lowest BCUT2D eigenvalue weighted by Gasteiger charge is -2.09. The first-order valence-corrected chi connectivity index (χ1v) is 8.62. The van der Waals surface area contributed by atoms with Gasteiger partial charge in [-0.3, -0.25) is 4.79 Å². The minimum Gasteiger partial charge on any atom is -0.494 e. The lowest BCUT2D eigenvalue weighted by Crippen LogP contribution is -2.12. The van der Waals surface area contributed by atoms with Crippen LogP contribution in [0, 0.1) is 5.92 Å². The molecule has 3 aromatic rings. The van der Waals surface area contributed by atoms with Crippen LogP contribution < -0.4 is 10.1 Å². The smallest absolute Gasteiger partial charge is 0.255 e. The third-order valence-electron chi connectivity index (χ3n) is 3.83. The summed E-state index contributed by atoms with van der Waals surface area (Å²) in [6.45, 7) is 5.00. The summed E-state index contributed by atoms with van der Waals surface area (Å²) < 4.78 is 7.32. The molecule has 0 aliphatic heterocycles. The first kappa shape index (κ1) is 17.7. The van der Waals surface area contributed by atoms with E-state index in [1.54, 1.807) is 41.3 Å². The van der Waals surface area contributed by atoms with E-state index in [1.165, 1.54) is 0 Å². The van der Waals surface area contributed by atoms with Crippen LogP contribution in [0.15, 0.2) is 61.1 Å². The fraction of sp³-hybridized carbons (Fsp3) is 0.250. The van der Waals surface area contributed by atoms with Crippen LogP contribution in [0.25, 0.3) is 5.82 Å². The van der Waals surface area contributed by atoms with Crippen LogP contribution in [0.4, 0.5) is 5.69 Å². The highest BCUT2D eigenvalue weighted by Gasteiger charge is 2.07. The van der Waals surface area contributed by atoms with Gasteiger partial charge < -0.3 is 10.1 Å². The highest BCUT2D eigenvalue weighted by atomic mass is 16.5. The van der Waals surface area contributed by atoms with Crippen molar-refractivity contribution in [3.8, 4) is 11.6 Å². The summed E-state index contributed by atoms with van der Waals surface area (Å²) in [6, 6.07) is 12.6. The van der Waals surface area contributed by atoms with Crippen molar-refractivity contribution in [2.75, 3.05) is 11.9 Å². The van der Waals surface area contributed by atoms with Crippen molar-refractivity contribution < 1.29 is 9.53 Å². The second-order valence-corrected chi connectivity index (χ2v) is 6.37. The molecule has 0 unspecified atom stereocenters. The maximum Gasteiger partial charge on any atom is 0.255 e. The monoisotopic (exact) mass is 350 g/mol. The number of pyridine rings is 1. The molecule has 26 heavy (non-hydrogen) atoms. The second kappa shape index (κ2) is 8.29. The average molecular weight is 350 g/mol. The lowest BCUT2D eigenvalue weighted by atomic mass is 10.1. The van der Waals surface area contributed by atoms with Gasteiger partial charge in [0.1, 0.15) is 5.75 Å². The van der Waals surface area contributed by atoms with Crippen molar-refractivity contribution in [2.45, 2.75) is 20.3 Å². The number of amides is 1. The molecule has 1 amide bonds. The number of aromatic nitrogens is 3. The van der Waals surface area contributed by atoms with E-state index in [9.17, 15) is 4.79 Å². The normalized spacial score (nSPS) is 10.7. The number of benzene rings is 1. The zero-order chi connectivity index (χ0) is 18.4. The van der Waals surface area contributed by atoms with Crippen LogP contribution in [0.5, 0.6) is 5.75 Å². The first-order chi connectivity index (χ1) is 12.6. The van der Waals surface area contributed by atoms with E-state index < -0.39 is 0 Å². The Balaban J connectivity index is 1.57. The van der Waals surface area contributed by atoms with Crippen LogP contribution in [0.1, 0.15) is 30.6 Å². The van der Waals surface area contributed by atoms with Crippen LogP contribution in [0.2, 0.25) is 0 Å². The Morgan fingerprint density at radius 1 is 1.19 bits per heavy atom. The van der Waals surface area contributed by atoms with E-state index in [4.69, 9.17) is 4.74 Å². The summed E-state index contributed by atoms with van der Waals surface area (Å²) in [7, 11) is 0. The molecule has 0 fully saturated rings. The number of rotatable bonds is 7. The van der Waals surface area contributed by atoms with Gasteiger partial charge in [0, 0.05) is 18.0 Å². The molecule has 3 rings (SSSR count). The van der Waals surface area contributed by atoms with Crippen molar-refractivity contribution in [3.05, 3.63) is 66.6 Å². The number of anilines is 1. The highest BCUT2D eigenvalue weighted by Crippen LogP contribution is 2.15. The first-order valence-electron chi connectivity index (χ1n) is 8.62. The molecule has 0 bridgehead atoms. The Labute approximate surface area is 152 Å². The number of nitrogens with zero attached hydrogens (tertiary/aromatic N) is 3. The lowest BCUT2D eigenvalue weighted by molar-refractivity contribution is 0.102. The molecule has 0 saturated heterocycles. The molecule has 134 valence electrons. The topological polar surface area (TPSA) is 69.0 Å². The van der Waals surface area contributed by atoms with E-state index in [-0.39, 0.29) is 5.91 Å². The number of hydrogen-bond acceptors (Lipinski definition) is 4. The Morgan fingerprint density at radius 3 is 2.62 bits per heavy atom. The van der Waals surface area contributed by atoms with E-state index in [0.29, 0.717) is 29.6 Å². The fourth-order valence-electron chi connectivity index (χ4n) is 2.32. The molecule has 6 heteroatoms. The molecule has 0 radical (unpaired) electrons. The van der Waals surface area contributed by atoms with Crippen molar-refractivity contribution in [3.63, 3.8) is 0 Å². The molecular formula is C20H22N4O2. The number of ether oxygens (including phenoxy) is 1. The van der Waals surface area contributed by atoms with Crippen molar-refractivity contribution in [1.29, 1.82) is 0 Å². The maximum absolute atomic E-state index is 12.3. The van der Waals surface area contributed by atoms with Crippen LogP contribution in [-0.2, 0) is 0 Å². The van der Waals surface area contributed by atoms with Gasteiger partial charge in [-0.05, 0) is 54.8 Å². The fourth-order valence-corrected chi connectivity index (χ4v) is 2.32. The van der Waals surface area contributed by atoms with Gasteiger partial charge in [-0.1, -0.05) is 13.8 Å². The zero-order valence-electron chi connectivity index (χ0n) is 14.9. The van der Waals surface area contributed by atoms with Crippen LogP contribution in [0.3, 0.4) is 0 Å². The number of hydrogen-bond donors (Lipinski definition) is 1. The largest absolute Gasteiger partial charge is 0.494 e. The Bertz CT molecular complexity index is 825. The van der Waals surface area contributed by atoms with Gasteiger partial charge in [0.05, 0.1) is 18.5 Å². The van der Waals surface area contributed by atoms with Gasteiger partial charge in [-0.25, -0.2) is 9.67 Å². The summed E-state index contributed by atoms with van der Waals surface area (Å²) in [6.07, 6.45) is 6.11. The Hall–Kier alpha value is -3.15. The van der Waals surface area contributed by atoms with E-state index in [1.807, 2.05) is 24.4 Å². The van der Waals surface area contributed by atoms with Gasteiger partial charge in [-0.2, -0.15) is 5.10 Å². The van der Waals surface area contributed by atoms with Gasteiger partial charge in [0.25, 0.3) is 5.91 Å². The minimum absolute atomic E-state index is 0.188. The minimum atomic E-state index is -0.188. The summed E-state index contributed by atoms with van der Waals surface area (Å²) >= 11 is 0. The highest BCUT2D eigenvalue weighted by molar-refractivity contribution is 6.04. The quantitative estimate of drug-likeness (QED) is 0.701. The second-order valence-electron chi connectivity index (χ2n) is 6.37. The number of carbonyl (C=O) groups excluding carboxylic acids is 1. The Morgan fingerprint density at radius 2 is 2.00 bits per heavy atom. The standard InChI is InChI=1S/C20H22N4O2/c1-15(2)10-13-26-18-7-4-16(5-8-18)20(25)23-17-6-9-19(21-14-17)24-12-3-11-22-24/h3-9,11-12,14-15H,10,13H2,1-2H3,(H,23,25). The van der Waals surface area contributed by atoms with Crippen molar-refractivity contribution >= 4 is 11.6 Å². The third kappa shape index (κ3) is 4.69. The molecular weight excluding hydrogens is 328 g/mol. The SMILES string of the molecule is CC(C)CCOc1ccc(C(=O)Nc2ccc(-n3cccn3)nc2)cc1. The van der Waals surface area contributed by atoms with Crippen molar-refractivity contribution in [2.24, 2.45) is 5.92 Å². The summed E-state index contributed by atoms with van der Waals surface area (Å²) in [5.74, 6) is 1.88. The maximum atomic E-state index is 12.3. The molecule has 0 aliphatic carbocycles. The molecule has 6 nitrogen and oxygen atoms in total. The van der Waals surface area contributed by atoms with Gasteiger partial charge in [0.2, 0.25) is 0 Å². The van der Waals surface area contributed by atoms with Crippen LogP contribution >= 0.6 is 0 Å². The number of nitrogens with one attached hydrogen (secondary N) is 1. The van der Waals surface area contributed by atoms with Gasteiger partial charge >= 0.3 is 0 Å². The summed E-state index contributed by atoms with van der Waals surface area (Å²) in [4.78, 5) is 16.6. The van der Waals surface area contributed by atoms with E-state index in [0.717, 1.165) is 12.2 Å². The average Bonchev–Trinajstić information content (AvgIpc) is 3.17. The molecule has 1 N–H and O–H groups in total. The van der Waals surface area contributed by atoms with Gasteiger partial charge in [0.15, 0.2) is 5.82 Å². The predicted octanol–water partition coefficient (Wildman–Crippen LogP) is 3.94. The molecule has 2 heterocycles. The summed E-state index contributed by atoms with van der Waals surface area (Å²) in [5.41, 5.74) is 1.19. The zero-order valence-corrected chi connectivity index (χ0v) is 14.9. The molecule has 0 spiro atoms. The molecule has 0 atom stereocenters. The van der Waals surface area contributed by atoms with E-state index >= 15 is 0 Å². The molecule has 2 aromatic heterocycles. The summed E-state index contributed by atoms with van der Waals surface area (Å²) in [5, 5.41) is 6.95. The van der Waals surface area contributed by atoms with E-state index in [2.05, 4.69) is 29.2 Å².